The van der Waals surface area contributed by atoms with E-state index in [0.717, 1.165) is 34.5 Å². The van der Waals surface area contributed by atoms with Gasteiger partial charge in [0.25, 0.3) is 0 Å². The van der Waals surface area contributed by atoms with Crippen molar-refractivity contribution in [3.05, 3.63) is 24.3 Å². The van der Waals surface area contributed by atoms with E-state index in [2.05, 4.69) is 45.6 Å². The summed E-state index contributed by atoms with van der Waals surface area (Å²) in [6.45, 7) is 1.84. The molecule has 3 aromatic rings. The van der Waals surface area contributed by atoms with Crippen LogP contribution in [0.4, 0.5) is 0 Å². The Morgan fingerprint density at radius 1 is 1.29 bits per heavy atom. The molecule has 0 bridgehead atoms. The van der Waals surface area contributed by atoms with E-state index >= 15 is 0 Å². The van der Waals surface area contributed by atoms with E-state index in [0.29, 0.717) is 0 Å². The summed E-state index contributed by atoms with van der Waals surface area (Å²) >= 11 is 3.19. The van der Waals surface area contributed by atoms with E-state index in [1.54, 1.807) is 11.3 Å². The number of rotatable bonds is 6. The molecule has 8 heteroatoms. The molecule has 0 fully saturated rings. The predicted octanol–water partition coefficient (Wildman–Crippen LogP) is 2.39. The van der Waals surface area contributed by atoms with Gasteiger partial charge in [-0.2, -0.15) is 0 Å². The highest BCUT2D eigenvalue weighted by molar-refractivity contribution is 8.01. The zero-order chi connectivity index (χ0) is 14.7. The second kappa shape index (κ2) is 6.50. The number of benzene rings is 1. The first-order chi connectivity index (χ1) is 10.2. The lowest BCUT2D eigenvalue weighted by Gasteiger charge is -2.08. The van der Waals surface area contributed by atoms with Gasteiger partial charge in [-0.05, 0) is 61.4 Å². The number of aryl methyl sites for hydroxylation is 1. The summed E-state index contributed by atoms with van der Waals surface area (Å²) in [5.74, 6) is 0. The number of para-hydroxylation sites is 1. The molecular weight excluding hydrogens is 304 g/mol. The van der Waals surface area contributed by atoms with Crippen molar-refractivity contribution in [2.24, 2.45) is 0 Å². The van der Waals surface area contributed by atoms with Crippen molar-refractivity contribution in [2.75, 3.05) is 20.6 Å². The number of hydrogen-bond donors (Lipinski definition) is 0. The van der Waals surface area contributed by atoms with Gasteiger partial charge in [0.2, 0.25) is 5.16 Å². The molecule has 0 amide bonds. The summed E-state index contributed by atoms with van der Waals surface area (Å²) in [5, 5.41) is 12.7. The number of fused-ring (bicyclic) bond motifs is 1. The van der Waals surface area contributed by atoms with E-state index in [9.17, 15) is 0 Å². The van der Waals surface area contributed by atoms with Crippen LogP contribution in [0.1, 0.15) is 6.42 Å². The number of nitrogens with zero attached hydrogens (tertiary/aromatic N) is 6. The van der Waals surface area contributed by atoms with Gasteiger partial charge in [0, 0.05) is 6.54 Å². The molecular formula is C13H16N6S2. The van der Waals surface area contributed by atoms with E-state index in [1.165, 1.54) is 16.5 Å². The fraction of sp³-hybridized carbons (Fsp3) is 0.385. The fourth-order valence-electron chi connectivity index (χ4n) is 1.92. The summed E-state index contributed by atoms with van der Waals surface area (Å²) < 4.78 is 4.01. The van der Waals surface area contributed by atoms with Gasteiger partial charge in [0.15, 0.2) is 4.34 Å². The Labute approximate surface area is 131 Å². The molecule has 0 aliphatic carbocycles. The maximum atomic E-state index is 4.60. The summed E-state index contributed by atoms with van der Waals surface area (Å²) in [6.07, 6.45) is 1.02. The standard InChI is InChI=1S/C13H16N6S2/c1-18(2)8-5-9-19-12(15-16-17-19)21-13-14-10-6-3-4-7-11(10)20-13/h3-4,6-7H,5,8-9H2,1-2H3. The maximum absolute atomic E-state index is 4.60. The first-order valence-electron chi connectivity index (χ1n) is 6.67. The second-order valence-corrected chi connectivity index (χ2v) is 7.14. The third kappa shape index (κ3) is 3.58. The second-order valence-electron chi connectivity index (χ2n) is 4.89. The number of aromatic nitrogens is 5. The normalized spacial score (nSPS) is 11.6. The fourth-order valence-corrected chi connectivity index (χ4v) is 3.89. The highest BCUT2D eigenvalue weighted by Gasteiger charge is 2.11. The molecule has 21 heavy (non-hydrogen) atoms. The average Bonchev–Trinajstić information content (AvgIpc) is 3.05. The van der Waals surface area contributed by atoms with Crippen LogP contribution in [0, 0.1) is 0 Å². The lowest BCUT2D eigenvalue weighted by molar-refractivity contribution is 0.373. The summed E-state index contributed by atoms with van der Waals surface area (Å²) in [7, 11) is 4.13. The minimum atomic E-state index is 0.799. The first kappa shape index (κ1) is 14.4. The Morgan fingerprint density at radius 3 is 2.95 bits per heavy atom. The van der Waals surface area contributed by atoms with Crippen molar-refractivity contribution in [3.8, 4) is 0 Å². The quantitative estimate of drug-likeness (QED) is 0.695. The molecule has 0 atom stereocenters. The van der Waals surface area contributed by atoms with Crippen LogP contribution in [0.25, 0.3) is 10.2 Å². The van der Waals surface area contributed by atoms with Crippen molar-refractivity contribution < 1.29 is 0 Å². The molecule has 0 aliphatic heterocycles. The molecule has 0 saturated heterocycles. The van der Waals surface area contributed by atoms with Gasteiger partial charge in [-0.15, -0.1) is 16.4 Å². The van der Waals surface area contributed by atoms with Crippen LogP contribution in [0.2, 0.25) is 0 Å². The van der Waals surface area contributed by atoms with Gasteiger partial charge in [0.1, 0.15) is 0 Å². The molecule has 0 radical (unpaired) electrons. The van der Waals surface area contributed by atoms with E-state index in [4.69, 9.17) is 0 Å². The van der Waals surface area contributed by atoms with Gasteiger partial charge < -0.3 is 4.90 Å². The minimum Gasteiger partial charge on any atom is -0.309 e. The molecule has 0 aliphatic rings. The van der Waals surface area contributed by atoms with Gasteiger partial charge >= 0.3 is 0 Å². The van der Waals surface area contributed by atoms with E-state index in [1.807, 2.05) is 22.9 Å². The van der Waals surface area contributed by atoms with Crippen LogP contribution < -0.4 is 0 Å². The smallest absolute Gasteiger partial charge is 0.216 e. The van der Waals surface area contributed by atoms with Crippen LogP contribution in [0.5, 0.6) is 0 Å². The third-order valence-electron chi connectivity index (χ3n) is 2.93. The Balaban J connectivity index is 1.71. The lowest BCUT2D eigenvalue weighted by Crippen LogP contribution is -2.15. The van der Waals surface area contributed by atoms with Crippen molar-refractivity contribution in [3.63, 3.8) is 0 Å². The maximum Gasteiger partial charge on any atom is 0.216 e. The van der Waals surface area contributed by atoms with Crippen molar-refractivity contribution in [1.29, 1.82) is 0 Å². The van der Waals surface area contributed by atoms with Gasteiger partial charge in [-0.3, -0.25) is 0 Å². The predicted molar refractivity (Wildman–Crippen MR) is 84.7 cm³/mol. The van der Waals surface area contributed by atoms with Gasteiger partial charge in [-0.25, -0.2) is 9.67 Å². The molecule has 1 aromatic carbocycles. The molecule has 110 valence electrons. The zero-order valence-corrected chi connectivity index (χ0v) is 13.6. The average molecular weight is 320 g/mol. The number of thiazole rings is 1. The van der Waals surface area contributed by atoms with Gasteiger partial charge in [0.05, 0.1) is 10.2 Å². The van der Waals surface area contributed by atoms with E-state index < -0.39 is 0 Å². The van der Waals surface area contributed by atoms with Crippen molar-refractivity contribution >= 4 is 33.3 Å². The molecule has 6 nitrogen and oxygen atoms in total. The third-order valence-corrected chi connectivity index (χ3v) is 5.00. The highest BCUT2D eigenvalue weighted by atomic mass is 32.2. The topological polar surface area (TPSA) is 59.7 Å². The molecule has 0 saturated carbocycles. The van der Waals surface area contributed by atoms with Crippen LogP contribution in [-0.4, -0.2) is 50.7 Å². The lowest BCUT2D eigenvalue weighted by atomic mass is 10.3. The van der Waals surface area contributed by atoms with Crippen molar-refractivity contribution in [2.45, 2.75) is 22.5 Å². The SMILES string of the molecule is CN(C)CCCn1nnnc1Sc1nc2ccccc2s1. The van der Waals surface area contributed by atoms with Gasteiger partial charge in [-0.1, -0.05) is 12.1 Å². The van der Waals surface area contributed by atoms with Crippen LogP contribution >= 0.6 is 23.1 Å². The Kier molecular flexibility index (Phi) is 4.47. The Hall–Kier alpha value is -1.51. The summed E-state index contributed by atoms with van der Waals surface area (Å²) in [6, 6.07) is 8.13. The summed E-state index contributed by atoms with van der Waals surface area (Å²) in [4.78, 5) is 6.76. The molecule has 2 heterocycles. The molecule has 0 spiro atoms. The summed E-state index contributed by atoms with van der Waals surface area (Å²) in [5.41, 5.74) is 1.02. The van der Waals surface area contributed by atoms with E-state index in [-0.39, 0.29) is 0 Å². The zero-order valence-electron chi connectivity index (χ0n) is 11.9. The van der Waals surface area contributed by atoms with Crippen LogP contribution in [0.3, 0.4) is 0 Å². The Morgan fingerprint density at radius 2 is 2.14 bits per heavy atom. The van der Waals surface area contributed by atoms with Crippen molar-refractivity contribution in [1.82, 2.24) is 30.1 Å². The molecule has 0 N–H and O–H groups in total. The Bertz CT molecular complexity index is 687. The number of tetrazole rings is 1. The van der Waals surface area contributed by atoms with Crippen LogP contribution in [0.15, 0.2) is 33.8 Å². The highest BCUT2D eigenvalue weighted by Crippen LogP contribution is 2.32. The monoisotopic (exact) mass is 320 g/mol. The van der Waals surface area contributed by atoms with Crippen LogP contribution in [-0.2, 0) is 6.54 Å². The first-order valence-corrected chi connectivity index (χ1v) is 8.30. The molecule has 3 rings (SSSR count). The minimum absolute atomic E-state index is 0.799. The molecule has 2 aromatic heterocycles. The number of hydrogen-bond acceptors (Lipinski definition) is 7. The molecule has 0 unspecified atom stereocenters. The largest absolute Gasteiger partial charge is 0.309 e.